The molecule has 2 N–H and O–H groups in total. The molecule has 9 nitrogen and oxygen atoms in total. The number of piperazine rings is 1. The van der Waals surface area contributed by atoms with Gasteiger partial charge in [-0.25, -0.2) is 4.98 Å². The molecule has 1 saturated heterocycles. The monoisotopic (exact) mass is 473 g/mol. The van der Waals surface area contributed by atoms with Gasteiger partial charge in [-0.15, -0.1) is 0 Å². The van der Waals surface area contributed by atoms with Crippen molar-refractivity contribution < 1.29 is 9.90 Å². The Morgan fingerprint density at radius 1 is 1.17 bits per heavy atom. The number of nitrogens with one attached hydrogen (secondary N) is 1. The van der Waals surface area contributed by atoms with E-state index in [0.717, 1.165) is 28.3 Å². The lowest BCUT2D eigenvalue weighted by atomic mass is 10.1. The van der Waals surface area contributed by atoms with Crippen LogP contribution >= 0.6 is 0 Å². The van der Waals surface area contributed by atoms with Crippen LogP contribution in [0.4, 0.5) is 11.8 Å². The van der Waals surface area contributed by atoms with E-state index >= 15 is 0 Å². The van der Waals surface area contributed by atoms with E-state index in [1.807, 2.05) is 40.1 Å². The summed E-state index contributed by atoms with van der Waals surface area (Å²) >= 11 is 0. The summed E-state index contributed by atoms with van der Waals surface area (Å²) in [6, 6.07) is 10.3. The van der Waals surface area contributed by atoms with Crippen LogP contribution < -0.4 is 10.2 Å². The van der Waals surface area contributed by atoms with E-state index in [9.17, 15) is 9.90 Å². The van der Waals surface area contributed by atoms with Crippen molar-refractivity contribution in [2.45, 2.75) is 39.8 Å². The molecule has 1 aromatic carbocycles. The summed E-state index contributed by atoms with van der Waals surface area (Å²) in [7, 11) is 0. The fourth-order valence-corrected chi connectivity index (χ4v) is 4.50. The Labute approximate surface area is 204 Å². The van der Waals surface area contributed by atoms with E-state index in [4.69, 9.17) is 9.97 Å². The molecule has 4 heterocycles. The third-order valence-corrected chi connectivity index (χ3v) is 6.84. The van der Waals surface area contributed by atoms with Crippen molar-refractivity contribution in [3.63, 3.8) is 0 Å². The molecule has 0 saturated carbocycles. The number of amides is 1. The molecular weight excluding hydrogens is 442 g/mol. The molecule has 35 heavy (non-hydrogen) atoms. The van der Waals surface area contributed by atoms with Crippen LogP contribution in [0.3, 0.4) is 0 Å². The molecule has 1 atom stereocenters. The molecule has 1 fully saturated rings. The third-order valence-electron chi connectivity index (χ3n) is 6.84. The zero-order chi connectivity index (χ0) is 24.5. The molecule has 0 aliphatic carbocycles. The first kappa shape index (κ1) is 22.9. The Morgan fingerprint density at radius 3 is 2.69 bits per heavy atom. The molecule has 182 valence electrons. The minimum atomic E-state index is 0.0793. The number of hydrogen-bond donors (Lipinski definition) is 2. The molecule has 9 heteroatoms. The number of anilines is 2. The Kier molecular flexibility index (Phi) is 6.15. The van der Waals surface area contributed by atoms with Gasteiger partial charge in [0.2, 0.25) is 17.7 Å². The maximum atomic E-state index is 11.7. The van der Waals surface area contributed by atoms with Gasteiger partial charge in [0.05, 0.1) is 10.9 Å². The average Bonchev–Trinajstić information content (AvgIpc) is 3.23. The molecule has 1 unspecified atom stereocenters. The van der Waals surface area contributed by atoms with Crippen molar-refractivity contribution in [1.29, 1.82) is 0 Å². The number of fused-ring (bicyclic) bond motifs is 2. The topological polar surface area (TPSA) is 99.4 Å². The first-order valence-corrected chi connectivity index (χ1v) is 12.1. The molecular formula is C26H31N7O2. The average molecular weight is 474 g/mol. The van der Waals surface area contributed by atoms with Crippen molar-refractivity contribution in [1.82, 2.24) is 24.4 Å². The summed E-state index contributed by atoms with van der Waals surface area (Å²) in [5.74, 6) is 1.45. The van der Waals surface area contributed by atoms with Crippen LogP contribution in [0.5, 0.6) is 5.88 Å². The van der Waals surface area contributed by atoms with Crippen LogP contribution in [-0.2, 0) is 11.3 Å². The summed E-state index contributed by atoms with van der Waals surface area (Å²) in [5, 5.41) is 16.4. The lowest BCUT2D eigenvalue weighted by molar-refractivity contribution is -0.129. The van der Waals surface area contributed by atoms with Crippen molar-refractivity contribution >= 4 is 39.5 Å². The summed E-state index contributed by atoms with van der Waals surface area (Å²) in [4.78, 5) is 29.8. The lowest BCUT2D eigenvalue weighted by Crippen LogP contribution is -2.48. The normalized spacial score (nSPS) is 15.1. The first-order chi connectivity index (χ1) is 16.9. The molecule has 4 aromatic rings. The van der Waals surface area contributed by atoms with Crippen LogP contribution in [0.25, 0.3) is 21.8 Å². The Morgan fingerprint density at radius 2 is 1.94 bits per heavy atom. The predicted octanol–water partition coefficient (Wildman–Crippen LogP) is 3.94. The quantitative estimate of drug-likeness (QED) is 0.438. The number of benzene rings is 1. The van der Waals surface area contributed by atoms with Crippen LogP contribution in [0.1, 0.15) is 38.8 Å². The lowest BCUT2D eigenvalue weighted by Gasteiger charge is -2.34. The van der Waals surface area contributed by atoms with Gasteiger partial charge in [0, 0.05) is 63.5 Å². The van der Waals surface area contributed by atoms with Gasteiger partial charge in [0.15, 0.2) is 0 Å². The molecule has 0 bridgehead atoms. The van der Waals surface area contributed by atoms with Crippen LogP contribution in [0, 0.1) is 0 Å². The number of pyridine rings is 1. The molecule has 1 amide bonds. The number of para-hydroxylation sites is 1. The molecule has 5 rings (SSSR count). The second-order valence-corrected chi connectivity index (χ2v) is 9.13. The van der Waals surface area contributed by atoms with Crippen LogP contribution in [0.2, 0.25) is 0 Å². The smallest absolute Gasteiger partial charge is 0.228 e. The minimum Gasteiger partial charge on any atom is -0.493 e. The fraction of sp³-hybridized carbons (Fsp3) is 0.385. The summed E-state index contributed by atoms with van der Waals surface area (Å²) < 4.78 is 1.86. The van der Waals surface area contributed by atoms with Gasteiger partial charge in [-0.05, 0) is 31.0 Å². The predicted molar refractivity (Wildman–Crippen MR) is 138 cm³/mol. The maximum Gasteiger partial charge on any atom is 0.228 e. The highest BCUT2D eigenvalue weighted by molar-refractivity contribution is 5.94. The maximum absolute atomic E-state index is 11.7. The summed E-state index contributed by atoms with van der Waals surface area (Å²) in [5.41, 5.74) is 2.53. The van der Waals surface area contributed by atoms with E-state index in [2.05, 4.69) is 41.2 Å². The van der Waals surface area contributed by atoms with E-state index < -0.39 is 0 Å². The highest BCUT2D eigenvalue weighted by atomic mass is 16.3. The number of aromatic nitrogens is 4. The summed E-state index contributed by atoms with van der Waals surface area (Å²) in [6.45, 7) is 8.84. The SMILES string of the molecule is CCC(C)n1cc2c(NCc3cnc4ccccc4c3)nc(N3CCN(C(C)=O)CC3)nc2c1O. The molecule has 0 spiro atoms. The van der Waals surface area contributed by atoms with Crippen LogP contribution in [-0.4, -0.2) is 61.6 Å². The van der Waals surface area contributed by atoms with Gasteiger partial charge in [0.25, 0.3) is 0 Å². The zero-order valence-electron chi connectivity index (χ0n) is 20.4. The Balaban J connectivity index is 1.49. The number of rotatable bonds is 6. The minimum absolute atomic E-state index is 0.0793. The van der Waals surface area contributed by atoms with E-state index in [0.29, 0.717) is 50.0 Å². The van der Waals surface area contributed by atoms with Crippen molar-refractivity contribution in [3.05, 3.63) is 48.3 Å². The number of aromatic hydroxyl groups is 1. The van der Waals surface area contributed by atoms with Gasteiger partial charge < -0.3 is 24.8 Å². The second-order valence-electron chi connectivity index (χ2n) is 9.13. The van der Waals surface area contributed by atoms with Gasteiger partial charge in [0.1, 0.15) is 11.3 Å². The highest BCUT2D eigenvalue weighted by Gasteiger charge is 2.24. The number of carbonyl (C=O) groups excluding carboxylic acids is 1. The Hall–Kier alpha value is -3.88. The second kappa shape index (κ2) is 9.40. The number of carbonyl (C=O) groups is 1. The zero-order valence-corrected chi connectivity index (χ0v) is 20.4. The van der Waals surface area contributed by atoms with Gasteiger partial charge in [-0.2, -0.15) is 4.98 Å². The van der Waals surface area contributed by atoms with E-state index in [-0.39, 0.29) is 17.8 Å². The van der Waals surface area contributed by atoms with E-state index in [1.54, 1.807) is 6.92 Å². The molecule has 3 aromatic heterocycles. The third kappa shape index (κ3) is 4.45. The fourth-order valence-electron chi connectivity index (χ4n) is 4.50. The standard InChI is InChI=1S/C26H31N7O2/c1-4-17(2)33-16-21-23(25(33)35)29-26(32-11-9-31(10-12-32)18(3)34)30-24(21)28-15-19-13-20-7-5-6-8-22(20)27-14-19/h5-8,13-14,16-17,35H,4,9-12,15H2,1-3H3,(H,28,29,30). The van der Waals surface area contributed by atoms with Gasteiger partial charge in [-0.3, -0.25) is 9.78 Å². The van der Waals surface area contributed by atoms with Crippen molar-refractivity contribution in [2.24, 2.45) is 0 Å². The van der Waals surface area contributed by atoms with Gasteiger partial charge >= 0.3 is 0 Å². The van der Waals surface area contributed by atoms with Crippen LogP contribution in [0.15, 0.2) is 42.7 Å². The van der Waals surface area contributed by atoms with Gasteiger partial charge in [-0.1, -0.05) is 25.1 Å². The molecule has 1 aliphatic rings. The van der Waals surface area contributed by atoms with Crippen molar-refractivity contribution in [3.8, 4) is 5.88 Å². The number of hydrogen-bond acceptors (Lipinski definition) is 7. The summed E-state index contributed by atoms with van der Waals surface area (Å²) in [6.07, 6.45) is 4.68. The Bertz CT molecular complexity index is 1380. The molecule has 1 aliphatic heterocycles. The number of nitrogens with zero attached hydrogens (tertiary/aromatic N) is 6. The van der Waals surface area contributed by atoms with Crippen molar-refractivity contribution in [2.75, 3.05) is 36.4 Å². The van der Waals surface area contributed by atoms with E-state index in [1.165, 1.54) is 0 Å². The highest BCUT2D eigenvalue weighted by Crippen LogP contribution is 2.35. The molecule has 0 radical (unpaired) electrons. The largest absolute Gasteiger partial charge is 0.493 e. The first-order valence-electron chi connectivity index (χ1n) is 12.1.